The summed E-state index contributed by atoms with van der Waals surface area (Å²) < 4.78 is 10.7. The molecule has 0 aromatic heterocycles. The van der Waals surface area contributed by atoms with Crippen LogP contribution in [0.4, 0.5) is 0 Å². The van der Waals surface area contributed by atoms with E-state index in [1.54, 1.807) is 14.2 Å². The van der Waals surface area contributed by atoms with Crippen LogP contribution in [-0.2, 0) is 0 Å². The van der Waals surface area contributed by atoms with Crippen LogP contribution in [0.2, 0.25) is 0 Å². The number of methoxy groups -OCH3 is 2. The van der Waals surface area contributed by atoms with E-state index in [1.807, 2.05) is 12.1 Å². The van der Waals surface area contributed by atoms with Gasteiger partial charge in [0, 0.05) is 11.6 Å². The third-order valence-corrected chi connectivity index (χ3v) is 3.35. The highest BCUT2D eigenvalue weighted by atomic mass is 16.5. The van der Waals surface area contributed by atoms with Crippen LogP contribution in [0, 0.1) is 5.92 Å². The predicted octanol–water partition coefficient (Wildman–Crippen LogP) is 2.15. The number of nitrogens with two attached hydrogens (primary N) is 1. The molecule has 3 nitrogen and oxygen atoms in total. The lowest BCUT2D eigenvalue weighted by Crippen LogP contribution is -2.18. The van der Waals surface area contributed by atoms with Crippen LogP contribution in [0.1, 0.15) is 24.8 Å². The Hall–Kier alpha value is -1.22. The summed E-state index contributed by atoms with van der Waals surface area (Å²) >= 11 is 0. The Morgan fingerprint density at radius 3 is 2.56 bits per heavy atom. The number of rotatable bonds is 4. The second-order valence-electron chi connectivity index (χ2n) is 4.45. The lowest BCUT2D eigenvalue weighted by Gasteiger charge is -2.13. The van der Waals surface area contributed by atoms with Gasteiger partial charge in [0.15, 0.2) is 11.5 Å². The third kappa shape index (κ3) is 1.87. The van der Waals surface area contributed by atoms with Gasteiger partial charge in [-0.25, -0.2) is 0 Å². The van der Waals surface area contributed by atoms with Gasteiger partial charge in [-0.1, -0.05) is 12.1 Å². The van der Waals surface area contributed by atoms with Crippen molar-refractivity contribution in [3.05, 3.63) is 23.8 Å². The van der Waals surface area contributed by atoms with Crippen LogP contribution in [-0.4, -0.2) is 20.3 Å². The Balaban J connectivity index is 2.28. The van der Waals surface area contributed by atoms with Gasteiger partial charge in [0.25, 0.3) is 0 Å². The SMILES string of the molecule is COc1cccc(C2CC2C(C)N)c1OC. The fraction of sp³-hybridized carbons (Fsp3) is 0.538. The molecule has 0 radical (unpaired) electrons. The Morgan fingerprint density at radius 2 is 2.06 bits per heavy atom. The number of benzene rings is 1. The molecule has 1 aliphatic rings. The van der Waals surface area contributed by atoms with Crippen LogP contribution in [0.5, 0.6) is 11.5 Å². The number of ether oxygens (including phenoxy) is 2. The first kappa shape index (κ1) is 11.3. The zero-order chi connectivity index (χ0) is 11.7. The Labute approximate surface area is 96.5 Å². The lowest BCUT2D eigenvalue weighted by atomic mass is 10.0. The van der Waals surface area contributed by atoms with Gasteiger partial charge in [-0.15, -0.1) is 0 Å². The molecule has 0 bridgehead atoms. The molecule has 16 heavy (non-hydrogen) atoms. The standard InChI is InChI=1S/C13H19NO2/c1-8(14)10-7-11(10)9-5-4-6-12(15-2)13(9)16-3/h4-6,8,10-11H,7,14H2,1-3H3. The number of para-hydroxylation sites is 1. The van der Waals surface area contributed by atoms with Gasteiger partial charge in [-0.3, -0.25) is 0 Å². The first-order chi connectivity index (χ1) is 7.69. The molecule has 1 aromatic rings. The van der Waals surface area contributed by atoms with Gasteiger partial charge < -0.3 is 15.2 Å². The monoisotopic (exact) mass is 221 g/mol. The molecular formula is C13H19NO2. The largest absolute Gasteiger partial charge is 0.493 e. The smallest absolute Gasteiger partial charge is 0.164 e. The second kappa shape index (κ2) is 4.34. The molecular weight excluding hydrogens is 202 g/mol. The number of hydrogen-bond acceptors (Lipinski definition) is 3. The van der Waals surface area contributed by atoms with E-state index in [-0.39, 0.29) is 6.04 Å². The quantitative estimate of drug-likeness (QED) is 0.847. The summed E-state index contributed by atoms with van der Waals surface area (Å²) in [5.41, 5.74) is 7.14. The van der Waals surface area contributed by atoms with Crippen LogP contribution in [0.3, 0.4) is 0 Å². The van der Waals surface area contributed by atoms with E-state index >= 15 is 0 Å². The Kier molecular flexibility index (Phi) is 3.06. The van der Waals surface area contributed by atoms with Crippen molar-refractivity contribution in [2.75, 3.05) is 14.2 Å². The molecule has 0 amide bonds. The molecule has 3 heteroatoms. The van der Waals surface area contributed by atoms with Crippen LogP contribution in [0.25, 0.3) is 0 Å². The van der Waals surface area contributed by atoms with E-state index in [9.17, 15) is 0 Å². The zero-order valence-electron chi connectivity index (χ0n) is 10.1. The molecule has 3 unspecified atom stereocenters. The summed E-state index contributed by atoms with van der Waals surface area (Å²) in [6, 6.07) is 6.29. The lowest BCUT2D eigenvalue weighted by molar-refractivity contribution is 0.351. The van der Waals surface area contributed by atoms with Crippen molar-refractivity contribution in [2.24, 2.45) is 11.7 Å². The van der Waals surface area contributed by atoms with E-state index in [2.05, 4.69) is 13.0 Å². The van der Waals surface area contributed by atoms with E-state index in [1.165, 1.54) is 5.56 Å². The first-order valence-electron chi connectivity index (χ1n) is 5.65. The summed E-state index contributed by atoms with van der Waals surface area (Å²) in [6.45, 7) is 2.07. The van der Waals surface area contributed by atoms with Crippen molar-refractivity contribution in [2.45, 2.75) is 25.3 Å². The van der Waals surface area contributed by atoms with Crippen molar-refractivity contribution < 1.29 is 9.47 Å². The average molecular weight is 221 g/mol. The summed E-state index contributed by atoms with van der Waals surface area (Å²) in [5, 5.41) is 0. The first-order valence-corrected chi connectivity index (χ1v) is 5.65. The minimum atomic E-state index is 0.251. The van der Waals surface area contributed by atoms with Gasteiger partial charge in [-0.05, 0) is 31.2 Å². The molecule has 0 heterocycles. The maximum atomic E-state index is 5.92. The van der Waals surface area contributed by atoms with Gasteiger partial charge >= 0.3 is 0 Å². The summed E-state index contributed by atoms with van der Waals surface area (Å²) in [4.78, 5) is 0. The Morgan fingerprint density at radius 1 is 1.31 bits per heavy atom. The van der Waals surface area contributed by atoms with Crippen molar-refractivity contribution in [1.82, 2.24) is 0 Å². The third-order valence-electron chi connectivity index (χ3n) is 3.35. The van der Waals surface area contributed by atoms with Gasteiger partial charge in [-0.2, -0.15) is 0 Å². The van der Waals surface area contributed by atoms with Crippen molar-refractivity contribution in [1.29, 1.82) is 0 Å². The molecule has 0 aliphatic heterocycles. The number of hydrogen-bond donors (Lipinski definition) is 1. The van der Waals surface area contributed by atoms with Crippen molar-refractivity contribution >= 4 is 0 Å². The van der Waals surface area contributed by atoms with Gasteiger partial charge in [0.05, 0.1) is 14.2 Å². The highest BCUT2D eigenvalue weighted by Gasteiger charge is 2.42. The summed E-state index contributed by atoms with van der Waals surface area (Å²) in [5.74, 6) is 2.78. The molecule has 2 rings (SSSR count). The van der Waals surface area contributed by atoms with E-state index in [4.69, 9.17) is 15.2 Å². The van der Waals surface area contributed by atoms with Crippen molar-refractivity contribution in [3.8, 4) is 11.5 Å². The topological polar surface area (TPSA) is 44.5 Å². The molecule has 1 aliphatic carbocycles. The maximum Gasteiger partial charge on any atom is 0.164 e. The fourth-order valence-corrected chi connectivity index (χ4v) is 2.36. The van der Waals surface area contributed by atoms with Crippen molar-refractivity contribution in [3.63, 3.8) is 0 Å². The minimum Gasteiger partial charge on any atom is -0.493 e. The Bertz CT molecular complexity index is 376. The molecule has 88 valence electrons. The van der Waals surface area contributed by atoms with E-state index < -0.39 is 0 Å². The zero-order valence-corrected chi connectivity index (χ0v) is 10.1. The highest BCUT2D eigenvalue weighted by Crippen LogP contribution is 2.53. The highest BCUT2D eigenvalue weighted by molar-refractivity contribution is 5.50. The molecule has 3 atom stereocenters. The molecule has 1 saturated carbocycles. The minimum absolute atomic E-state index is 0.251. The van der Waals surface area contributed by atoms with Crippen LogP contribution < -0.4 is 15.2 Å². The van der Waals surface area contributed by atoms with Gasteiger partial charge in [0.1, 0.15) is 0 Å². The average Bonchev–Trinajstić information content (AvgIpc) is 3.07. The normalized spacial score (nSPS) is 25.0. The second-order valence-corrected chi connectivity index (χ2v) is 4.45. The molecule has 0 spiro atoms. The molecule has 2 N–H and O–H groups in total. The van der Waals surface area contributed by atoms with Crippen LogP contribution >= 0.6 is 0 Å². The molecule has 1 fully saturated rings. The summed E-state index contributed by atoms with van der Waals surface area (Å²) in [6.07, 6.45) is 1.15. The van der Waals surface area contributed by atoms with Crippen LogP contribution in [0.15, 0.2) is 18.2 Å². The molecule has 0 saturated heterocycles. The van der Waals surface area contributed by atoms with Gasteiger partial charge in [0.2, 0.25) is 0 Å². The summed E-state index contributed by atoms with van der Waals surface area (Å²) in [7, 11) is 3.35. The predicted molar refractivity (Wildman–Crippen MR) is 64.0 cm³/mol. The van der Waals surface area contributed by atoms with E-state index in [0.29, 0.717) is 11.8 Å². The molecule has 1 aromatic carbocycles. The van der Waals surface area contributed by atoms with E-state index in [0.717, 1.165) is 17.9 Å². The fourth-order valence-electron chi connectivity index (χ4n) is 2.36. The maximum absolute atomic E-state index is 5.92.